The summed E-state index contributed by atoms with van der Waals surface area (Å²) in [6.45, 7) is 0. The molecule has 4 nitrogen and oxygen atoms in total. The van der Waals surface area contributed by atoms with Crippen molar-refractivity contribution in [3.8, 4) is 0 Å². The molecule has 0 radical (unpaired) electrons. The number of aliphatic hydroxyl groups is 1. The average molecular weight is 354 g/mol. The Bertz CT molecular complexity index is 823. The molecule has 2 aromatic carbocycles. The molecule has 0 aromatic heterocycles. The molecule has 0 bridgehead atoms. The van der Waals surface area contributed by atoms with Crippen LogP contribution in [0.3, 0.4) is 0 Å². The van der Waals surface area contributed by atoms with Gasteiger partial charge in [-0.05, 0) is 66.5 Å². The van der Waals surface area contributed by atoms with Gasteiger partial charge >= 0.3 is 6.03 Å². The summed E-state index contributed by atoms with van der Waals surface area (Å²) in [7, 11) is 0. The highest BCUT2D eigenvalue weighted by atomic mass is 19.1. The number of aliphatic hydroxyl groups excluding tert-OH is 1. The molecule has 4 rings (SSSR count). The summed E-state index contributed by atoms with van der Waals surface area (Å²) in [5.74, 6) is 0.0730. The van der Waals surface area contributed by atoms with E-state index in [1.54, 1.807) is 12.1 Å². The summed E-state index contributed by atoms with van der Waals surface area (Å²) in [6.07, 6.45) is 3.52. The highest BCUT2D eigenvalue weighted by Gasteiger charge is 2.28. The zero-order valence-corrected chi connectivity index (χ0v) is 14.5. The van der Waals surface area contributed by atoms with Crippen molar-refractivity contribution in [2.45, 2.75) is 50.2 Å². The number of carbonyl (C=O) groups is 1. The second kappa shape index (κ2) is 7.08. The quantitative estimate of drug-likeness (QED) is 0.786. The molecule has 26 heavy (non-hydrogen) atoms. The maximum atomic E-state index is 13.4. The van der Waals surface area contributed by atoms with Crippen molar-refractivity contribution in [1.29, 1.82) is 0 Å². The number of hydrogen-bond acceptors (Lipinski definition) is 2. The zero-order chi connectivity index (χ0) is 18.1. The third-order valence-corrected chi connectivity index (χ3v) is 5.50. The van der Waals surface area contributed by atoms with E-state index in [4.69, 9.17) is 0 Å². The highest BCUT2D eigenvalue weighted by molar-refractivity contribution is 5.90. The van der Waals surface area contributed by atoms with Gasteiger partial charge in [-0.25, -0.2) is 9.18 Å². The van der Waals surface area contributed by atoms with E-state index in [2.05, 4.69) is 10.6 Å². The molecule has 5 heteroatoms. The highest BCUT2D eigenvalue weighted by Crippen LogP contribution is 2.35. The molecule has 3 N–H and O–H groups in total. The van der Waals surface area contributed by atoms with Crippen molar-refractivity contribution in [3.63, 3.8) is 0 Å². The van der Waals surface area contributed by atoms with Crippen LogP contribution in [0.25, 0.3) is 0 Å². The lowest BCUT2D eigenvalue weighted by Gasteiger charge is -2.16. The summed E-state index contributed by atoms with van der Waals surface area (Å²) < 4.78 is 13.4. The van der Waals surface area contributed by atoms with Gasteiger partial charge in [0.15, 0.2) is 0 Å². The molecule has 1 fully saturated rings. The molecule has 0 aliphatic heterocycles. The van der Waals surface area contributed by atoms with Crippen molar-refractivity contribution < 1.29 is 14.3 Å². The molecule has 0 spiro atoms. The Morgan fingerprint density at radius 3 is 2.81 bits per heavy atom. The maximum absolute atomic E-state index is 13.4. The van der Waals surface area contributed by atoms with Crippen LogP contribution in [0.2, 0.25) is 0 Å². The van der Waals surface area contributed by atoms with E-state index in [1.807, 2.05) is 24.3 Å². The molecule has 136 valence electrons. The minimum Gasteiger partial charge on any atom is -0.392 e. The number of carbonyl (C=O) groups excluding carboxylic acids is 1. The van der Waals surface area contributed by atoms with Crippen LogP contribution in [0.4, 0.5) is 14.9 Å². The number of benzene rings is 2. The van der Waals surface area contributed by atoms with Crippen molar-refractivity contribution >= 4 is 11.7 Å². The Balaban J connectivity index is 1.36. The first-order chi connectivity index (χ1) is 12.6. The normalized spacial score (nSPS) is 24.3. The van der Waals surface area contributed by atoms with E-state index in [-0.39, 0.29) is 29.9 Å². The standard InChI is InChI=1S/C21H23FN2O2/c22-16-5-1-3-13(9-16)14-7-8-17(10-14)23-21(26)24-20-6-2-4-15-11-18(25)12-19(15)20/h1-6,9,14,17-18,25H,7-8,10-12H2,(H2,23,24,26)/t14-,17-,18-/m1/s1. The minimum atomic E-state index is -0.363. The summed E-state index contributed by atoms with van der Waals surface area (Å²) >= 11 is 0. The third-order valence-electron chi connectivity index (χ3n) is 5.50. The number of nitrogens with one attached hydrogen (secondary N) is 2. The predicted octanol–water partition coefficient (Wildman–Crippen LogP) is 3.74. The van der Waals surface area contributed by atoms with Crippen molar-refractivity contribution in [1.82, 2.24) is 5.32 Å². The summed E-state index contributed by atoms with van der Waals surface area (Å²) in [5.41, 5.74) is 3.90. The van der Waals surface area contributed by atoms with Gasteiger partial charge < -0.3 is 15.7 Å². The Kier molecular flexibility index (Phi) is 4.64. The molecular weight excluding hydrogens is 331 g/mol. The van der Waals surface area contributed by atoms with Gasteiger partial charge in [0, 0.05) is 18.2 Å². The number of halogens is 1. The van der Waals surface area contributed by atoms with E-state index < -0.39 is 0 Å². The van der Waals surface area contributed by atoms with E-state index in [1.165, 1.54) is 6.07 Å². The number of fused-ring (bicyclic) bond motifs is 1. The van der Waals surface area contributed by atoms with Crippen LogP contribution in [0.5, 0.6) is 0 Å². The Morgan fingerprint density at radius 2 is 1.96 bits per heavy atom. The fourth-order valence-electron chi connectivity index (χ4n) is 4.27. The Hall–Kier alpha value is -2.40. The fraction of sp³-hybridized carbons (Fsp3) is 0.381. The SMILES string of the molecule is O=C(Nc1cccc2c1C[C@H](O)C2)N[C@@H]1CC[C@@H](c2cccc(F)c2)C1. The smallest absolute Gasteiger partial charge is 0.319 e. The molecule has 0 saturated heterocycles. The first-order valence-corrected chi connectivity index (χ1v) is 9.20. The maximum Gasteiger partial charge on any atom is 0.319 e. The van der Waals surface area contributed by atoms with Gasteiger partial charge in [0.2, 0.25) is 0 Å². The minimum absolute atomic E-state index is 0.0885. The van der Waals surface area contributed by atoms with Crippen LogP contribution in [-0.2, 0) is 12.8 Å². The van der Waals surface area contributed by atoms with Gasteiger partial charge in [-0.3, -0.25) is 0 Å². The Morgan fingerprint density at radius 1 is 1.12 bits per heavy atom. The second-order valence-electron chi connectivity index (χ2n) is 7.37. The lowest BCUT2D eigenvalue weighted by Crippen LogP contribution is -2.36. The van der Waals surface area contributed by atoms with Gasteiger partial charge in [-0.2, -0.15) is 0 Å². The summed E-state index contributed by atoms with van der Waals surface area (Å²) in [6, 6.07) is 12.4. The van der Waals surface area contributed by atoms with Crippen LogP contribution in [-0.4, -0.2) is 23.3 Å². The molecular formula is C21H23FN2O2. The van der Waals surface area contributed by atoms with Gasteiger partial charge in [0.1, 0.15) is 5.82 Å². The van der Waals surface area contributed by atoms with E-state index in [0.717, 1.165) is 41.6 Å². The molecule has 2 aromatic rings. The van der Waals surface area contributed by atoms with Crippen LogP contribution in [0.1, 0.15) is 41.9 Å². The molecule has 1 saturated carbocycles. The number of rotatable bonds is 3. The van der Waals surface area contributed by atoms with Crippen molar-refractivity contribution in [3.05, 3.63) is 65.0 Å². The molecule has 2 amide bonds. The average Bonchev–Trinajstić information content (AvgIpc) is 3.21. The zero-order valence-electron chi connectivity index (χ0n) is 14.5. The second-order valence-corrected chi connectivity index (χ2v) is 7.37. The summed E-state index contributed by atoms with van der Waals surface area (Å²) in [5, 5.41) is 15.8. The topological polar surface area (TPSA) is 61.4 Å². The number of anilines is 1. The van der Waals surface area contributed by atoms with E-state index in [9.17, 15) is 14.3 Å². The molecule has 0 heterocycles. The Labute approximate surface area is 152 Å². The lowest BCUT2D eigenvalue weighted by atomic mass is 9.97. The third kappa shape index (κ3) is 3.58. The van der Waals surface area contributed by atoms with Crippen molar-refractivity contribution in [2.75, 3.05) is 5.32 Å². The van der Waals surface area contributed by atoms with E-state index >= 15 is 0 Å². The first-order valence-electron chi connectivity index (χ1n) is 9.20. The predicted molar refractivity (Wildman–Crippen MR) is 98.8 cm³/mol. The molecule has 3 atom stereocenters. The number of hydrogen-bond donors (Lipinski definition) is 3. The number of amides is 2. The van der Waals surface area contributed by atoms with E-state index in [0.29, 0.717) is 12.8 Å². The molecule has 2 aliphatic carbocycles. The molecule has 2 aliphatic rings. The fourth-order valence-corrected chi connectivity index (χ4v) is 4.27. The van der Waals surface area contributed by atoms with Crippen LogP contribution >= 0.6 is 0 Å². The summed E-state index contributed by atoms with van der Waals surface area (Å²) in [4.78, 5) is 12.4. The lowest BCUT2D eigenvalue weighted by molar-refractivity contribution is 0.187. The largest absolute Gasteiger partial charge is 0.392 e. The van der Waals surface area contributed by atoms with Gasteiger partial charge in [-0.15, -0.1) is 0 Å². The molecule has 0 unspecified atom stereocenters. The first kappa shape index (κ1) is 17.0. The van der Waals surface area contributed by atoms with Gasteiger partial charge in [0.05, 0.1) is 6.10 Å². The van der Waals surface area contributed by atoms with Gasteiger partial charge in [-0.1, -0.05) is 24.3 Å². The van der Waals surface area contributed by atoms with Crippen molar-refractivity contribution in [2.24, 2.45) is 0 Å². The van der Waals surface area contributed by atoms with Crippen LogP contribution in [0.15, 0.2) is 42.5 Å². The number of urea groups is 1. The van der Waals surface area contributed by atoms with Gasteiger partial charge in [0.25, 0.3) is 0 Å². The van der Waals surface area contributed by atoms with Crippen LogP contribution < -0.4 is 10.6 Å². The van der Waals surface area contributed by atoms with Crippen LogP contribution in [0, 0.1) is 5.82 Å². The monoisotopic (exact) mass is 354 g/mol.